The number of hydrogen-bond donors (Lipinski definition) is 1. The minimum absolute atomic E-state index is 0.172. The third kappa shape index (κ3) is 3.19. The summed E-state index contributed by atoms with van der Waals surface area (Å²) in [6.45, 7) is 3.12. The van der Waals surface area contributed by atoms with E-state index in [-0.39, 0.29) is 11.7 Å². The van der Waals surface area contributed by atoms with Gasteiger partial charge in [-0.2, -0.15) is 0 Å². The summed E-state index contributed by atoms with van der Waals surface area (Å²) in [5, 5.41) is 3.50. The van der Waals surface area contributed by atoms with Crippen molar-refractivity contribution in [3.05, 3.63) is 0 Å². The van der Waals surface area contributed by atoms with Gasteiger partial charge in [0.1, 0.15) is 0 Å². The lowest BCUT2D eigenvalue weighted by Crippen LogP contribution is -2.54. The second-order valence-corrected chi connectivity index (χ2v) is 6.64. The molecule has 4 nitrogen and oxygen atoms in total. The van der Waals surface area contributed by atoms with Crippen LogP contribution in [0.2, 0.25) is 0 Å². The van der Waals surface area contributed by atoms with Gasteiger partial charge in [0, 0.05) is 12.6 Å². The average Bonchev–Trinajstić information content (AvgIpc) is 2.50. The van der Waals surface area contributed by atoms with Crippen LogP contribution in [0.5, 0.6) is 0 Å². The van der Waals surface area contributed by atoms with Gasteiger partial charge in [0.2, 0.25) is 0 Å². The summed E-state index contributed by atoms with van der Waals surface area (Å²) < 4.78 is 17.7. The molecule has 3 rings (SSSR count). The molecule has 0 bridgehead atoms. The molecule has 4 heteroatoms. The second-order valence-electron chi connectivity index (χ2n) is 6.64. The van der Waals surface area contributed by atoms with E-state index in [1.54, 1.807) is 0 Å². The molecule has 1 saturated carbocycles. The Morgan fingerprint density at radius 1 is 1.10 bits per heavy atom. The Morgan fingerprint density at radius 3 is 2.65 bits per heavy atom. The fraction of sp³-hybridized carbons (Fsp3) is 1.00. The van der Waals surface area contributed by atoms with Crippen LogP contribution in [-0.2, 0) is 14.2 Å². The maximum absolute atomic E-state index is 6.22. The number of rotatable bonds is 3. The van der Waals surface area contributed by atoms with Crippen molar-refractivity contribution < 1.29 is 14.2 Å². The quantitative estimate of drug-likeness (QED) is 0.861. The summed E-state index contributed by atoms with van der Waals surface area (Å²) >= 11 is 0. The van der Waals surface area contributed by atoms with Crippen molar-refractivity contribution in [2.45, 2.75) is 62.7 Å². The maximum Gasteiger partial charge on any atom is 0.0964 e. The highest BCUT2D eigenvalue weighted by atomic mass is 16.6. The molecule has 0 aromatic carbocycles. The lowest BCUT2D eigenvalue weighted by Gasteiger charge is -2.47. The zero-order valence-electron chi connectivity index (χ0n) is 12.7. The molecule has 3 atom stereocenters. The highest BCUT2D eigenvalue weighted by Gasteiger charge is 2.42. The van der Waals surface area contributed by atoms with E-state index in [4.69, 9.17) is 14.2 Å². The molecule has 0 amide bonds. The summed E-state index contributed by atoms with van der Waals surface area (Å²) in [4.78, 5) is 0. The van der Waals surface area contributed by atoms with Crippen molar-refractivity contribution in [3.8, 4) is 0 Å². The molecule has 20 heavy (non-hydrogen) atoms. The third-order valence-corrected chi connectivity index (χ3v) is 5.38. The highest BCUT2D eigenvalue weighted by Crippen LogP contribution is 2.42. The lowest BCUT2D eigenvalue weighted by molar-refractivity contribution is -0.146. The molecule has 2 saturated heterocycles. The first-order valence-corrected chi connectivity index (χ1v) is 8.34. The Labute approximate surface area is 122 Å². The van der Waals surface area contributed by atoms with E-state index < -0.39 is 0 Å². The first-order valence-electron chi connectivity index (χ1n) is 8.34. The number of likely N-dealkylation sites (N-methyl/N-ethyl adjacent to an activating group) is 1. The predicted molar refractivity (Wildman–Crippen MR) is 77.9 cm³/mol. The Morgan fingerprint density at radius 2 is 1.95 bits per heavy atom. The van der Waals surface area contributed by atoms with Gasteiger partial charge in [-0.15, -0.1) is 0 Å². The monoisotopic (exact) mass is 283 g/mol. The van der Waals surface area contributed by atoms with Crippen LogP contribution in [0.3, 0.4) is 0 Å². The van der Waals surface area contributed by atoms with Crippen LogP contribution in [0.1, 0.15) is 44.9 Å². The van der Waals surface area contributed by atoms with E-state index >= 15 is 0 Å². The molecular weight excluding hydrogens is 254 g/mol. The van der Waals surface area contributed by atoms with Gasteiger partial charge in [-0.3, -0.25) is 0 Å². The van der Waals surface area contributed by atoms with Crippen LogP contribution in [-0.4, -0.2) is 51.2 Å². The number of hydrogen-bond acceptors (Lipinski definition) is 4. The van der Waals surface area contributed by atoms with Gasteiger partial charge >= 0.3 is 0 Å². The molecule has 116 valence electrons. The van der Waals surface area contributed by atoms with Gasteiger partial charge in [-0.1, -0.05) is 19.3 Å². The Balaban J connectivity index is 1.64. The van der Waals surface area contributed by atoms with Crippen molar-refractivity contribution in [1.82, 2.24) is 5.32 Å². The van der Waals surface area contributed by atoms with Crippen molar-refractivity contribution >= 4 is 0 Å². The van der Waals surface area contributed by atoms with E-state index in [1.807, 2.05) is 0 Å². The molecule has 0 aromatic rings. The van der Waals surface area contributed by atoms with E-state index in [2.05, 4.69) is 12.4 Å². The fourth-order valence-electron chi connectivity index (χ4n) is 4.36. The van der Waals surface area contributed by atoms with Crippen molar-refractivity contribution in [2.75, 3.05) is 33.5 Å². The fourth-order valence-corrected chi connectivity index (χ4v) is 4.36. The zero-order valence-corrected chi connectivity index (χ0v) is 12.7. The zero-order chi connectivity index (χ0) is 13.8. The van der Waals surface area contributed by atoms with Crippen LogP contribution in [0, 0.1) is 5.92 Å². The summed E-state index contributed by atoms with van der Waals surface area (Å²) in [6, 6.07) is 0.401. The van der Waals surface area contributed by atoms with Crippen molar-refractivity contribution in [1.29, 1.82) is 0 Å². The van der Waals surface area contributed by atoms with Gasteiger partial charge in [-0.25, -0.2) is 0 Å². The van der Waals surface area contributed by atoms with Gasteiger partial charge in [0.05, 0.1) is 31.5 Å². The molecule has 2 heterocycles. The molecule has 1 spiro atoms. The van der Waals surface area contributed by atoms with Crippen LogP contribution >= 0.6 is 0 Å². The first kappa shape index (κ1) is 14.8. The Kier molecular flexibility index (Phi) is 4.97. The average molecular weight is 283 g/mol. The predicted octanol–water partition coefficient (Wildman–Crippen LogP) is 2.12. The summed E-state index contributed by atoms with van der Waals surface area (Å²) in [5.41, 5.74) is 0.172. The molecule has 1 N–H and O–H groups in total. The second kappa shape index (κ2) is 6.73. The summed E-state index contributed by atoms with van der Waals surface area (Å²) in [6.07, 6.45) is 9.10. The summed E-state index contributed by atoms with van der Waals surface area (Å²) in [5.74, 6) is 0.651. The van der Waals surface area contributed by atoms with Crippen LogP contribution in [0.4, 0.5) is 0 Å². The molecule has 1 aliphatic carbocycles. The largest absolute Gasteiger partial charge is 0.376 e. The number of nitrogens with one attached hydrogen (secondary N) is 1. The summed E-state index contributed by atoms with van der Waals surface area (Å²) in [7, 11) is 2.06. The molecular formula is C16H29NO3. The minimum atomic E-state index is 0.172. The standard InChI is InChI=1S/C16H29NO3/c1-17-15(14-12-18-9-10-19-14)13-5-8-20-16(11-13)6-3-2-4-7-16/h13-15,17H,2-12H2,1H3. The molecule has 0 aromatic heterocycles. The SMILES string of the molecule is CNC(C1CCOC2(CCCCC2)C1)C1COCCO1. The van der Waals surface area contributed by atoms with Gasteiger partial charge in [0.15, 0.2) is 0 Å². The topological polar surface area (TPSA) is 39.7 Å². The van der Waals surface area contributed by atoms with Crippen molar-refractivity contribution in [3.63, 3.8) is 0 Å². The van der Waals surface area contributed by atoms with E-state index in [9.17, 15) is 0 Å². The molecule has 3 unspecified atom stereocenters. The third-order valence-electron chi connectivity index (χ3n) is 5.38. The van der Waals surface area contributed by atoms with Crippen LogP contribution in [0.15, 0.2) is 0 Å². The van der Waals surface area contributed by atoms with E-state index in [0.29, 0.717) is 12.0 Å². The Hall–Kier alpha value is -0.160. The lowest BCUT2D eigenvalue weighted by atomic mass is 9.73. The van der Waals surface area contributed by atoms with Crippen molar-refractivity contribution in [2.24, 2.45) is 5.92 Å². The minimum Gasteiger partial charge on any atom is -0.376 e. The molecule has 2 aliphatic heterocycles. The molecule has 3 fully saturated rings. The van der Waals surface area contributed by atoms with Crippen LogP contribution in [0.25, 0.3) is 0 Å². The molecule has 0 radical (unpaired) electrons. The smallest absolute Gasteiger partial charge is 0.0964 e. The van der Waals surface area contributed by atoms with E-state index in [0.717, 1.165) is 32.8 Å². The van der Waals surface area contributed by atoms with Crippen LogP contribution < -0.4 is 5.32 Å². The highest BCUT2D eigenvalue weighted by molar-refractivity contribution is 4.95. The van der Waals surface area contributed by atoms with Gasteiger partial charge in [-0.05, 0) is 38.6 Å². The normalized spacial score (nSPS) is 35.9. The number of ether oxygens (including phenoxy) is 3. The van der Waals surface area contributed by atoms with E-state index in [1.165, 1.54) is 38.5 Å². The van der Waals surface area contributed by atoms with Gasteiger partial charge < -0.3 is 19.5 Å². The molecule has 3 aliphatic rings. The Bertz CT molecular complexity index is 293. The maximum atomic E-state index is 6.22. The van der Waals surface area contributed by atoms with Gasteiger partial charge in [0.25, 0.3) is 0 Å². The first-order chi connectivity index (χ1) is 9.83.